The Kier molecular flexibility index (Phi) is 3.91. The maximum absolute atomic E-state index is 12.4. The lowest BCUT2D eigenvalue weighted by Gasteiger charge is -2.16. The molecule has 0 saturated carbocycles. The number of benzene rings is 1. The number of hydrogen-bond acceptors (Lipinski definition) is 3. The van der Waals surface area contributed by atoms with Crippen LogP contribution in [0.2, 0.25) is 0 Å². The van der Waals surface area contributed by atoms with Gasteiger partial charge in [-0.1, -0.05) is 12.1 Å². The van der Waals surface area contributed by atoms with Gasteiger partial charge in [0.1, 0.15) is 0 Å². The lowest BCUT2D eigenvalue weighted by Crippen LogP contribution is -2.29. The zero-order valence-electron chi connectivity index (χ0n) is 12.1. The van der Waals surface area contributed by atoms with Crippen molar-refractivity contribution in [2.75, 3.05) is 13.1 Å². The topological polar surface area (TPSA) is 75.4 Å². The van der Waals surface area contributed by atoms with Crippen LogP contribution in [0.3, 0.4) is 0 Å². The van der Waals surface area contributed by atoms with E-state index < -0.39 is 11.9 Å². The molecule has 1 saturated heterocycles. The minimum Gasteiger partial charge on any atom is -0.481 e. The number of carbonyl (C=O) groups excluding carboxylic acids is 1. The predicted octanol–water partition coefficient (Wildman–Crippen LogP) is 1.48. The molecule has 1 aliphatic heterocycles. The highest BCUT2D eigenvalue weighted by Crippen LogP contribution is 2.19. The molecule has 1 aliphatic rings. The number of aliphatic carboxylic acids is 1. The first-order chi connectivity index (χ1) is 10.6. The third-order valence-electron chi connectivity index (χ3n) is 3.93. The van der Waals surface area contributed by atoms with Gasteiger partial charge in [0.15, 0.2) is 0 Å². The molecule has 22 heavy (non-hydrogen) atoms. The van der Waals surface area contributed by atoms with Crippen LogP contribution in [0.15, 0.2) is 42.7 Å². The van der Waals surface area contributed by atoms with E-state index in [0.717, 1.165) is 5.56 Å². The van der Waals surface area contributed by atoms with Crippen molar-refractivity contribution in [2.24, 2.45) is 5.92 Å². The third-order valence-corrected chi connectivity index (χ3v) is 3.93. The van der Waals surface area contributed by atoms with Crippen molar-refractivity contribution in [3.63, 3.8) is 0 Å². The zero-order valence-corrected chi connectivity index (χ0v) is 12.1. The number of nitrogens with zero attached hydrogens (tertiary/aromatic N) is 3. The molecule has 1 aromatic carbocycles. The molecule has 0 spiro atoms. The Morgan fingerprint density at radius 1 is 1.27 bits per heavy atom. The average molecular weight is 299 g/mol. The number of rotatable bonds is 4. The lowest BCUT2D eigenvalue weighted by atomic mass is 10.1. The Morgan fingerprint density at radius 2 is 2.05 bits per heavy atom. The Bertz CT molecular complexity index is 664. The van der Waals surface area contributed by atoms with E-state index >= 15 is 0 Å². The van der Waals surface area contributed by atoms with Crippen molar-refractivity contribution in [1.82, 2.24) is 14.7 Å². The molecule has 0 bridgehead atoms. The SMILES string of the molecule is O=C(O)[C@@H]1CCN(C(=O)c2ccc(Cn3cccn3)cc2)C1. The first-order valence-corrected chi connectivity index (χ1v) is 7.22. The van der Waals surface area contributed by atoms with Crippen LogP contribution in [-0.4, -0.2) is 44.8 Å². The highest BCUT2D eigenvalue weighted by atomic mass is 16.4. The lowest BCUT2D eigenvalue weighted by molar-refractivity contribution is -0.141. The molecule has 1 aromatic heterocycles. The second-order valence-corrected chi connectivity index (χ2v) is 5.48. The number of carboxylic acid groups (broad SMARTS) is 1. The third kappa shape index (κ3) is 3.00. The van der Waals surface area contributed by atoms with E-state index in [1.54, 1.807) is 23.2 Å². The number of carboxylic acids is 1. The predicted molar refractivity (Wildman–Crippen MR) is 79.4 cm³/mol. The van der Waals surface area contributed by atoms with Gasteiger partial charge in [0.2, 0.25) is 0 Å². The normalized spacial score (nSPS) is 17.6. The molecule has 0 radical (unpaired) electrons. The largest absolute Gasteiger partial charge is 0.481 e. The number of likely N-dealkylation sites (tertiary alicyclic amines) is 1. The molecule has 114 valence electrons. The van der Waals surface area contributed by atoms with Crippen LogP contribution in [0.25, 0.3) is 0 Å². The molecule has 1 atom stereocenters. The monoisotopic (exact) mass is 299 g/mol. The molecule has 2 aromatic rings. The highest BCUT2D eigenvalue weighted by molar-refractivity contribution is 5.94. The summed E-state index contributed by atoms with van der Waals surface area (Å²) in [6, 6.07) is 9.24. The minimum absolute atomic E-state index is 0.102. The first-order valence-electron chi connectivity index (χ1n) is 7.22. The van der Waals surface area contributed by atoms with Crippen LogP contribution in [-0.2, 0) is 11.3 Å². The molecule has 3 rings (SSSR count). The second kappa shape index (κ2) is 6.01. The Labute approximate surface area is 128 Å². The molecular formula is C16H17N3O3. The number of amides is 1. The fraction of sp³-hybridized carbons (Fsp3) is 0.312. The summed E-state index contributed by atoms with van der Waals surface area (Å²) in [6.07, 6.45) is 4.14. The molecule has 6 heteroatoms. The van der Waals surface area contributed by atoms with Gasteiger partial charge in [-0.25, -0.2) is 0 Å². The number of hydrogen-bond donors (Lipinski definition) is 1. The van der Waals surface area contributed by atoms with Crippen LogP contribution < -0.4 is 0 Å². The summed E-state index contributed by atoms with van der Waals surface area (Å²) in [5.74, 6) is -1.37. The Morgan fingerprint density at radius 3 is 2.64 bits per heavy atom. The standard InChI is InChI=1S/C16H17N3O3/c20-15(18-9-6-14(11-18)16(21)22)13-4-2-12(3-5-13)10-19-8-1-7-17-19/h1-5,7-8,14H,6,9-11H2,(H,21,22)/t14-/m1/s1. The van der Waals surface area contributed by atoms with E-state index in [1.165, 1.54) is 0 Å². The quantitative estimate of drug-likeness (QED) is 0.928. The molecule has 2 heterocycles. The maximum atomic E-state index is 12.4. The molecule has 0 aliphatic carbocycles. The van der Waals surface area contributed by atoms with Crippen LogP contribution in [0.1, 0.15) is 22.3 Å². The van der Waals surface area contributed by atoms with E-state index in [0.29, 0.717) is 31.6 Å². The van der Waals surface area contributed by atoms with Crippen LogP contribution >= 0.6 is 0 Å². The van der Waals surface area contributed by atoms with Crippen LogP contribution in [0, 0.1) is 5.92 Å². The van der Waals surface area contributed by atoms with E-state index in [9.17, 15) is 9.59 Å². The fourth-order valence-electron chi connectivity index (χ4n) is 2.66. The zero-order chi connectivity index (χ0) is 15.5. The number of carbonyl (C=O) groups is 2. The van der Waals surface area contributed by atoms with Crippen molar-refractivity contribution < 1.29 is 14.7 Å². The molecule has 1 fully saturated rings. The van der Waals surface area contributed by atoms with Crippen molar-refractivity contribution >= 4 is 11.9 Å². The van der Waals surface area contributed by atoms with Crippen LogP contribution in [0.4, 0.5) is 0 Å². The molecular weight excluding hydrogens is 282 g/mol. The van der Waals surface area contributed by atoms with Gasteiger partial charge in [-0.05, 0) is 30.2 Å². The van der Waals surface area contributed by atoms with E-state index in [1.807, 2.05) is 29.1 Å². The summed E-state index contributed by atoms with van der Waals surface area (Å²) in [4.78, 5) is 24.9. The molecule has 1 N–H and O–H groups in total. The van der Waals surface area contributed by atoms with Gasteiger partial charge in [-0.15, -0.1) is 0 Å². The van der Waals surface area contributed by atoms with Crippen molar-refractivity contribution in [3.05, 3.63) is 53.9 Å². The summed E-state index contributed by atoms with van der Waals surface area (Å²) in [7, 11) is 0. The van der Waals surface area contributed by atoms with Crippen molar-refractivity contribution in [3.8, 4) is 0 Å². The smallest absolute Gasteiger partial charge is 0.308 e. The van der Waals surface area contributed by atoms with Gasteiger partial charge in [0, 0.05) is 31.0 Å². The van der Waals surface area contributed by atoms with Gasteiger partial charge in [0.05, 0.1) is 12.5 Å². The van der Waals surface area contributed by atoms with Crippen molar-refractivity contribution in [1.29, 1.82) is 0 Å². The summed E-state index contributed by atoms with van der Waals surface area (Å²) >= 11 is 0. The van der Waals surface area contributed by atoms with E-state index in [2.05, 4.69) is 5.10 Å². The first kappa shape index (κ1) is 14.3. The fourth-order valence-corrected chi connectivity index (χ4v) is 2.66. The van der Waals surface area contributed by atoms with Gasteiger partial charge in [0.25, 0.3) is 5.91 Å². The summed E-state index contributed by atoms with van der Waals surface area (Å²) in [6.45, 7) is 1.46. The van der Waals surface area contributed by atoms with Gasteiger partial charge >= 0.3 is 5.97 Å². The average Bonchev–Trinajstić information content (AvgIpc) is 3.18. The number of aromatic nitrogens is 2. The highest BCUT2D eigenvalue weighted by Gasteiger charge is 2.31. The van der Waals surface area contributed by atoms with Gasteiger partial charge in [-0.2, -0.15) is 5.10 Å². The summed E-state index contributed by atoms with van der Waals surface area (Å²) in [5, 5.41) is 13.1. The summed E-state index contributed by atoms with van der Waals surface area (Å²) in [5.41, 5.74) is 1.65. The van der Waals surface area contributed by atoms with Gasteiger partial charge in [-0.3, -0.25) is 14.3 Å². The van der Waals surface area contributed by atoms with E-state index in [-0.39, 0.29) is 5.91 Å². The summed E-state index contributed by atoms with van der Waals surface area (Å²) < 4.78 is 1.81. The maximum Gasteiger partial charge on any atom is 0.308 e. The Balaban J connectivity index is 1.65. The van der Waals surface area contributed by atoms with E-state index in [4.69, 9.17) is 5.11 Å². The molecule has 6 nitrogen and oxygen atoms in total. The second-order valence-electron chi connectivity index (χ2n) is 5.48. The van der Waals surface area contributed by atoms with Crippen LogP contribution in [0.5, 0.6) is 0 Å². The minimum atomic E-state index is -0.829. The molecule has 1 amide bonds. The Hall–Kier alpha value is -2.63. The van der Waals surface area contributed by atoms with Gasteiger partial charge < -0.3 is 10.0 Å². The van der Waals surface area contributed by atoms with Crippen molar-refractivity contribution in [2.45, 2.75) is 13.0 Å². The molecule has 0 unspecified atom stereocenters.